The Morgan fingerprint density at radius 2 is 1.94 bits per heavy atom. The molecule has 0 saturated carbocycles. The zero-order valence-electron chi connectivity index (χ0n) is 9.48. The fourth-order valence-electron chi connectivity index (χ4n) is 1.59. The molecule has 0 bridgehead atoms. The number of methoxy groups -OCH3 is 2. The van der Waals surface area contributed by atoms with E-state index in [9.17, 15) is 5.11 Å². The molecule has 0 spiro atoms. The van der Waals surface area contributed by atoms with Crippen LogP contribution in [0, 0.1) is 0 Å². The zero-order valence-corrected chi connectivity index (χ0v) is 9.48. The molecule has 0 aliphatic heterocycles. The Labute approximate surface area is 93.4 Å². The van der Waals surface area contributed by atoms with Crippen LogP contribution in [0.25, 0.3) is 11.0 Å². The molecule has 0 fully saturated rings. The average Bonchev–Trinajstić information content (AvgIpc) is 2.71. The van der Waals surface area contributed by atoms with Crippen LogP contribution in [-0.2, 0) is 0 Å². The Kier molecular flexibility index (Phi) is 2.75. The molecule has 0 amide bonds. The van der Waals surface area contributed by atoms with Crippen LogP contribution in [0.1, 0.15) is 18.8 Å². The van der Waals surface area contributed by atoms with Crippen molar-refractivity contribution in [3.63, 3.8) is 0 Å². The first-order chi connectivity index (χ1) is 7.65. The van der Waals surface area contributed by atoms with E-state index in [1.807, 2.05) is 6.07 Å². The van der Waals surface area contributed by atoms with Gasteiger partial charge in [-0.3, -0.25) is 0 Å². The van der Waals surface area contributed by atoms with E-state index in [0.717, 1.165) is 5.39 Å². The Balaban J connectivity index is 2.65. The van der Waals surface area contributed by atoms with Gasteiger partial charge in [0.25, 0.3) is 0 Å². The third-order valence-electron chi connectivity index (χ3n) is 2.44. The van der Waals surface area contributed by atoms with Crippen molar-refractivity contribution in [2.24, 2.45) is 0 Å². The number of hydrogen-bond acceptors (Lipinski definition) is 4. The Hall–Kier alpha value is -1.68. The highest BCUT2D eigenvalue weighted by Crippen LogP contribution is 2.34. The Morgan fingerprint density at radius 1 is 1.19 bits per heavy atom. The molecule has 2 aromatic rings. The summed E-state index contributed by atoms with van der Waals surface area (Å²) in [5.74, 6) is 1.81. The lowest BCUT2D eigenvalue weighted by Gasteiger charge is -2.04. The number of rotatable bonds is 3. The number of hydrogen-bond donors (Lipinski definition) is 1. The van der Waals surface area contributed by atoms with Crippen LogP contribution in [0.2, 0.25) is 0 Å². The zero-order chi connectivity index (χ0) is 11.7. The average molecular weight is 222 g/mol. The van der Waals surface area contributed by atoms with Crippen molar-refractivity contribution >= 4 is 11.0 Å². The molecule has 1 unspecified atom stereocenters. The van der Waals surface area contributed by atoms with Crippen molar-refractivity contribution in [2.45, 2.75) is 13.0 Å². The van der Waals surface area contributed by atoms with E-state index in [2.05, 4.69) is 0 Å². The van der Waals surface area contributed by atoms with Gasteiger partial charge in [-0.1, -0.05) is 0 Å². The summed E-state index contributed by atoms with van der Waals surface area (Å²) in [6.45, 7) is 1.65. The standard InChI is InChI=1S/C12H14O4/c1-7(13)10-5-8-4-9(14-2)6-11(15-3)12(8)16-10/h4-7,13H,1-3H3. The second-order valence-corrected chi connectivity index (χ2v) is 3.57. The number of aliphatic hydroxyl groups excluding tert-OH is 1. The van der Waals surface area contributed by atoms with Crippen molar-refractivity contribution in [3.05, 3.63) is 24.0 Å². The quantitative estimate of drug-likeness (QED) is 0.866. The number of ether oxygens (including phenoxy) is 2. The fourth-order valence-corrected chi connectivity index (χ4v) is 1.59. The van der Waals surface area contributed by atoms with Crippen molar-refractivity contribution in [2.75, 3.05) is 14.2 Å². The SMILES string of the molecule is COc1cc(OC)c2oc(C(C)O)cc2c1. The molecule has 1 N–H and O–H groups in total. The highest BCUT2D eigenvalue weighted by atomic mass is 16.5. The van der Waals surface area contributed by atoms with Gasteiger partial charge in [-0.25, -0.2) is 0 Å². The van der Waals surface area contributed by atoms with Gasteiger partial charge in [-0.2, -0.15) is 0 Å². The van der Waals surface area contributed by atoms with Gasteiger partial charge >= 0.3 is 0 Å². The predicted molar refractivity (Wildman–Crippen MR) is 60.0 cm³/mol. The Morgan fingerprint density at radius 3 is 2.50 bits per heavy atom. The molecule has 4 nitrogen and oxygen atoms in total. The highest BCUT2D eigenvalue weighted by Gasteiger charge is 2.13. The fraction of sp³-hybridized carbons (Fsp3) is 0.333. The molecular weight excluding hydrogens is 208 g/mol. The largest absolute Gasteiger partial charge is 0.497 e. The van der Waals surface area contributed by atoms with Gasteiger partial charge in [0.05, 0.1) is 14.2 Å². The first kappa shape index (κ1) is 10.8. The maximum absolute atomic E-state index is 9.45. The molecule has 1 heterocycles. The minimum atomic E-state index is -0.636. The van der Waals surface area contributed by atoms with Gasteiger partial charge in [-0.15, -0.1) is 0 Å². The molecule has 0 aliphatic carbocycles. The van der Waals surface area contributed by atoms with Crippen LogP contribution in [0.15, 0.2) is 22.6 Å². The smallest absolute Gasteiger partial charge is 0.176 e. The number of fused-ring (bicyclic) bond motifs is 1. The van der Waals surface area contributed by atoms with Crippen LogP contribution < -0.4 is 9.47 Å². The summed E-state index contributed by atoms with van der Waals surface area (Å²) in [6.07, 6.45) is -0.636. The summed E-state index contributed by atoms with van der Waals surface area (Å²) in [6, 6.07) is 5.37. The minimum absolute atomic E-state index is 0.515. The summed E-state index contributed by atoms with van der Waals surface area (Å²) in [5, 5.41) is 10.3. The lowest BCUT2D eigenvalue weighted by molar-refractivity contribution is 0.172. The second-order valence-electron chi connectivity index (χ2n) is 3.57. The Bertz CT molecular complexity index is 499. The van der Waals surface area contributed by atoms with E-state index in [1.54, 1.807) is 33.3 Å². The molecule has 4 heteroatoms. The molecule has 2 rings (SSSR count). The summed E-state index contributed by atoms with van der Waals surface area (Å²) >= 11 is 0. The van der Waals surface area contributed by atoms with Gasteiger partial charge in [0, 0.05) is 11.5 Å². The first-order valence-electron chi connectivity index (χ1n) is 4.99. The molecule has 86 valence electrons. The van der Waals surface area contributed by atoms with Gasteiger partial charge in [0.15, 0.2) is 11.3 Å². The molecular formula is C12H14O4. The summed E-state index contributed by atoms with van der Waals surface area (Å²) in [5.41, 5.74) is 0.624. The monoisotopic (exact) mass is 222 g/mol. The van der Waals surface area contributed by atoms with Gasteiger partial charge in [-0.05, 0) is 19.1 Å². The normalized spacial score (nSPS) is 12.8. The van der Waals surface area contributed by atoms with Crippen molar-refractivity contribution in [1.29, 1.82) is 0 Å². The molecule has 1 atom stereocenters. The summed E-state index contributed by atoms with van der Waals surface area (Å²) in [7, 11) is 3.16. The van der Waals surface area contributed by atoms with E-state index >= 15 is 0 Å². The van der Waals surface area contributed by atoms with Crippen LogP contribution in [0.4, 0.5) is 0 Å². The van der Waals surface area contributed by atoms with Crippen molar-refractivity contribution in [3.8, 4) is 11.5 Å². The van der Waals surface area contributed by atoms with Crippen LogP contribution in [0.5, 0.6) is 11.5 Å². The first-order valence-corrected chi connectivity index (χ1v) is 4.99. The third kappa shape index (κ3) is 1.72. The van der Waals surface area contributed by atoms with Gasteiger partial charge in [0.2, 0.25) is 0 Å². The van der Waals surface area contributed by atoms with Crippen LogP contribution in [-0.4, -0.2) is 19.3 Å². The van der Waals surface area contributed by atoms with E-state index in [1.165, 1.54) is 0 Å². The lowest BCUT2D eigenvalue weighted by atomic mass is 10.2. The molecule has 1 aromatic carbocycles. The van der Waals surface area contributed by atoms with Gasteiger partial charge in [0.1, 0.15) is 17.6 Å². The molecule has 0 aliphatic rings. The number of benzene rings is 1. The highest BCUT2D eigenvalue weighted by molar-refractivity contribution is 5.85. The van der Waals surface area contributed by atoms with Crippen molar-refractivity contribution < 1.29 is 19.0 Å². The molecule has 1 aromatic heterocycles. The lowest BCUT2D eigenvalue weighted by Crippen LogP contribution is -1.87. The van der Waals surface area contributed by atoms with E-state index in [4.69, 9.17) is 13.9 Å². The van der Waals surface area contributed by atoms with Gasteiger partial charge < -0.3 is 19.0 Å². The van der Waals surface area contributed by atoms with E-state index in [0.29, 0.717) is 22.8 Å². The predicted octanol–water partition coefficient (Wildman–Crippen LogP) is 2.50. The maximum atomic E-state index is 9.45. The molecule has 0 saturated heterocycles. The topological polar surface area (TPSA) is 51.8 Å². The van der Waals surface area contributed by atoms with Crippen LogP contribution in [0.3, 0.4) is 0 Å². The number of aliphatic hydroxyl groups is 1. The van der Waals surface area contributed by atoms with E-state index < -0.39 is 6.10 Å². The van der Waals surface area contributed by atoms with Crippen LogP contribution >= 0.6 is 0 Å². The maximum Gasteiger partial charge on any atom is 0.176 e. The molecule has 0 radical (unpaired) electrons. The number of furan rings is 1. The minimum Gasteiger partial charge on any atom is -0.497 e. The summed E-state index contributed by atoms with van der Waals surface area (Å²) < 4.78 is 15.9. The molecule has 16 heavy (non-hydrogen) atoms. The van der Waals surface area contributed by atoms with Crippen molar-refractivity contribution in [1.82, 2.24) is 0 Å². The summed E-state index contributed by atoms with van der Waals surface area (Å²) in [4.78, 5) is 0. The van der Waals surface area contributed by atoms with E-state index in [-0.39, 0.29) is 0 Å². The third-order valence-corrected chi connectivity index (χ3v) is 2.44. The second kappa shape index (κ2) is 4.06.